The Bertz CT molecular complexity index is 1040. The summed E-state index contributed by atoms with van der Waals surface area (Å²) in [7, 11) is 0. The number of phenols is 1. The first-order valence-electron chi connectivity index (χ1n) is 8.21. The lowest BCUT2D eigenvalue weighted by molar-refractivity contribution is 0.471. The molecule has 5 heteroatoms. The van der Waals surface area contributed by atoms with Gasteiger partial charge in [-0.3, -0.25) is 9.97 Å². The number of aromatic nitrogens is 2. The molecule has 1 atom stereocenters. The van der Waals surface area contributed by atoms with Crippen molar-refractivity contribution in [3.63, 3.8) is 0 Å². The van der Waals surface area contributed by atoms with E-state index in [2.05, 4.69) is 15.3 Å². The number of hydrogen-bond donors (Lipinski definition) is 2. The van der Waals surface area contributed by atoms with Gasteiger partial charge in [-0.1, -0.05) is 35.9 Å². The van der Waals surface area contributed by atoms with Crippen molar-refractivity contribution < 1.29 is 5.11 Å². The van der Waals surface area contributed by atoms with Gasteiger partial charge in [-0.15, -0.1) is 0 Å². The molecule has 4 aromatic rings. The second-order valence-corrected chi connectivity index (χ2v) is 6.39. The Kier molecular flexibility index (Phi) is 4.42. The fourth-order valence-electron chi connectivity index (χ4n) is 2.98. The number of nitrogens with zero attached hydrogens (tertiary/aromatic N) is 2. The molecule has 0 aliphatic heterocycles. The molecule has 0 aliphatic carbocycles. The van der Waals surface area contributed by atoms with Crippen LogP contribution in [0.2, 0.25) is 5.02 Å². The van der Waals surface area contributed by atoms with Crippen molar-refractivity contribution in [3.05, 3.63) is 95.4 Å². The summed E-state index contributed by atoms with van der Waals surface area (Å²) in [4.78, 5) is 8.55. The van der Waals surface area contributed by atoms with Crippen LogP contribution in [0.3, 0.4) is 0 Å². The molecule has 0 amide bonds. The largest absolute Gasteiger partial charge is 0.505 e. The number of hydrogen-bond acceptors (Lipinski definition) is 4. The summed E-state index contributed by atoms with van der Waals surface area (Å²) in [6.45, 7) is 0. The maximum Gasteiger partial charge on any atom is 0.147 e. The highest BCUT2D eigenvalue weighted by atomic mass is 35.5. The van der Waals surface area contributed by atoms with Gasteiger partial charge >= 0.3 is 0 Å². The topological polar surface area (TPSA) is 58.0 Å². The van der Waals surface area contributed by atoms with Crippen LogP contribution in [0.25, 0.3) is 10.9 Å². The summed E-state index contributed by atoms with van der Waals surface area (Å²) in [5.41, 5.74) is 3.15. The second kappa shape index (κ2) is 7.02. The molecule has 0 saturated heterocycles. The molecule has 2 heterocycles. The second-order valence-electron chi connectivity index (χ2n) is 5.95. The van der Waals surface area contributed by atoms with Crippen molar-refractivity contribution in [3.8, 4) is 5.75 Å². The number of rotatable bonds is 4. The number of fused-ring (bicyclic) bond motifs is 1. The summed E-state index contributed by atoms with van der Waals surface area (Å²) in [5, 5.41) is 15.9. The van der Waals surface area contributed by atoms with E-state index in [1.807, 2.05) is 60.7 Å². The number of pyridine rings is 2. The lowest BCUT2D eigenvalue weighted by Crippen LogP contribution is -2.13. The molecule has 0 fully saturated rings. The van der Waals surface area contributed by atoms with Gasteiger partial charge in [-0.25, -0.2) is 0 Å². The van der Waals surface area contributed by atoms with Crippen LogP contribution in [0.15, 0.2) is 79.3 Å². The van der Waals surface area contributed by atoms with Gasteiger partial charge in [-0.05, 0) is 42.0 Å². The Hall–Kier alpha value is -3.11. The molecule has 0 spiro atoms. The van der Waals surface area contributed by atoms with Crippen molar-refractivity contribution >= 4 is 28.2 Å². The van der Waals surface area contributed by atoms with Crippen molar-refractivity contribution in [1.82, 2.24) is 9.97 Å². The summed E-state index contributed by atoms with van der Waals surface area (Å²) in [6, 6.07) is 18.7. The highest BCUT2D eigenvalue weighted by Crippen LogP contribution is 2.36. The van der Waals surface area contributed by atoms with E-state index in [0.717, 1.165) is 22.2 Å². The fourth-order valence-corrected chi connectivity index (χ4v) is 3.10. The van der Waals surface area contributed by atoms with E-state index >= 15 is 0 Å². The molecular weight excluding hydrogens is 346 g/mol. The average molecular weight is 362 g/mol. The van der Waals surface area contributed by atoms with Gasteiger partial charge < -0.3 is 10.4 Å². The predicted molar refractivity (Wildman–Crippen MR) is 105 cm³/mol. The highest BCUT2D eigenvalue weighted by molar-refractivity contribution is 6.30. The molecule has 0 unspecified atom stereocenters. The first kappa shape index (κ1) is 16.4. The first-order chi connectivity index (χ1) is 12.7. The van der Waals surface area contributed by atoms with Crippen LogP contribution in [-0.2, 0) is 0 Å². The molecule has 2 aromatic heterocycles. The molecule has 4 nitrogen and oxygen atoms in total. The number of aromatic hydroxyl groups is 1. The quantitative estimate of drug-likeness (QED) is 0.525. The maximum absolute atomic E-state index is 10.9. The van der Waals surface area contributed by atoms with Gasteiger partial charge in [0.1, 0.15) is 11.3 Å². The van der Waals surface area contributed by atoms with E-state index in [0.29, 0.717) is 10.5 Å². The molecule has 26 heavy (non-hydrogen) atoms. The zero-order chi connectivity index (χ0) is 17.9. The van der Waals surface area contributed by atoms with Crippen molar-refractivity contribution in [2.24, 2.45) is 0 Å². The third-order valence-electron chi connectivity index (χ3n) is 4.26. The van der Waals surface area contributed by atoms with Crippen LogP contribution in [0, 0.1) is 0 Å². The Balaban J connectivity index is 1.83. The molecule has 2 N–H and O–H groups in total. The Morgan fingerprint density at radius 1 is 0.923 bits per heavy atom. The molecular formula is C21H16ClN3O. The summed E-state index contributed by atoms with van der Waals surface area (Å²) in [6.07, 6.45) is 5.19. The van der Waals surface area contributed by atoms with Crippen molar-refractivity contribution in [2.75, 3.05) is 5.32 Å². The van der Waals surface area contributed by atoms with Crippen LogP contribution < -0.4 is 5.32 Å². The Labute approximate surface area is 156 Å². The molecule has 0 bridgehead atoms. The normalized spacial score (nSPS) is 12.0. The summed E-state index contributed by atoms with van der Waals surface area (Å²) < 4.78 is 0. The third kappa shape index (κ3) is 3.19. The predicted octanol–water partition coefficient (Wildman–Crippen LogP) is 5.19. The zero-order valence-corrected chi connectivity index (χ0v) is 14.6. The molecule has 128 valence electrons. The van der Waals surface area contributed by atoms with Crippen LogP contribution in [-0.4, -0.2) is 15.1 Å². The van der Waals surface area contributed by atoms with Gasteiger partial charge in [-0.2, -0.15) is 0 Å². The highest BCUT2D eigenvalue weighted by Gasteiger charge is 2.20. The van der Waals surface area contributed by atoms with Crippen LogP contribution in [0.5, 0.6) is 5.75 Å². The zero-order valence-electron chi connectivity index (χ0n) is 13.8. The molecule has 0 aliphatic rings. The Morgan fingerprint density at radius 2 is 1.73 bits per heavy atom. The number of anilines is 1. The number of phenolic OH excluding ortho intramolecular Hbond substituents is 1. The van der Waals surface area contributed by atoms with E-state index in [-0.39, 0.29) is 11.8 Å². The van der Waals surface area contributed by atoms with Gasteiger partial charge in [0.2, 0.25) is 0 Å². The van der Waals surface area contributed by atoms with Crippen LogP contribution in [0.4, 0.5) is 5.69 Å². The lowest BCUT2D eigenvalue weighted by Gasteiger charge is -2.22. The SMILES string of the molecule is Oc1c([C@H](Nc2ccc(Cl)cc2)c2cccnc2)ccc2cccnc12. The number of nitrogens with one attached hydrogen (secondary N) is 1. The minimum absolute atomic E-state index is 0.165. The number of benzene rings is 2. The third-order valence-corrected chi connectivity index (χ3v) is 4.52. The van der Waals surface area contributed by atoms with Crippen molar-refractivity contribution in [1.29, 1.82) is 0 Å². The average Bonchev–Trinajstić information content (AvgIpc) is 2.69. The van der Waals surface area contributed by atoms with E-state index in [1.165, 1.54) is 0 Å². The minimum Gasteiger partial charge on any atom is -0.505 e. The minimum atomic E-state index is -0.281. The van der Waals surface area contributed by atoms with Gasteiger partial charge in [0, 0.05) is 40.3 Å². The van der Waals surface area contributed by atoms with E-state index in [4.69, 9.17) is 11.6 Å². The number of halogens is 1. The smallest absolute Gasteiger partial charge is 0.147 e. The molecule has 0 radical (unpaired) electrons. The van der Waals surface area contributed by atoms with Crippen LogP contribution >= 0.6 is 11.6 Å². The molecule has 0 saturated carbocycles. The Morgan fingerprint density at radius 3 is 2.50 bits per heavy atom. The van der Waals surface area contributed by atoms with Gasteiger partial charge in [0.15, 0.2) is 0 Å². The monoisotopic (exact) mass is 361 g/mol. The maximum atomic E-state index is 10.9. The summed E-state index contributed by atoms with van der Waals surface area (Å²) in [5.74, 6) is 0.165. The fraction of sp³-hybridized carbons (Fsp3) is 0.0476. The van der Waals surface area contributed by atoms with E-state index in [1.54, 1.807) is 18.6 Å². The molecule has 4 rings (SSSR count). The van der Waals surface area contributed by atoms with Gasteiger partial charge in [0.25, 0.3) is 0 Å². The van der Waals surface area contributed by atoms with Crippen molar-refractivity contribution in [2.45, 2.75) is 6.04 Å². The van der Waals surface area contributed by atoms with Crippen LogP contribution in [0.1, 0.15) is 17.2 Å². The first-order valence-corrected chi connectivity index (χ1v) is 8.59. The van der Waals surface area contributed by atoms with E-state index < -0.39 is 0 Å². The standard InChI is InChI=1S/C21H16ClN3O/c22-16-6-8-17(9-7-16)25-19(15-4-1-11-23-13-15)18-10-5-14-3-2-12-24-20(14)21(18)26/h1-13,19,25-26H/t19-/m1/s1. The van der Waals surface area contributed by atoms with E-state index in [9.17, 15) is 5.11 Å². The molecule has 2 aromatic carbocycles. The van der Waals surface area contributed by atoms with Gasteiger partial charge in [0.05, 0.1) is 6.04 Å². The lowest BCUT2D eigenvalue weighted by atomic mass is 9.97. The summed E-state index contributed by atoms with van der Waals surface area (Å²) >= 11 is 5.99.